The van der Waals surface area contributed by atoms with Gasteiger partial charge in [0.1, 0.15) is 17.4 Å². The maximum absolute atomic E-state index is 9.39. The number of nitriles is 1. The van der Waals surface area contributed by atoms with Crippen LogP contribution in [0.3, 0.4) is 0 Å². The zero-order valence-electron chi connectivity index (χ0n) is 10.9. The van der Waals surface area contributed by atoms with E-state index in [2.05, 4.69) is 11.4 Å². The molecule has 96 valence electrons. The number of ether oxygens (including phenoxy) is 1. The summed E-state index contributed by atoms with van der Waals surface area (Å²) >= 11 is 0. The lowest BCUT2D eigenvalue weighted by molar-refractivity contribution is 0.113. The van der Waals surface area contributed by atoms with Crippen LogP contribution in [0.1, 0.15) is 32.6 Å². The predicted molar refractivity (Wildman–Crippen MR) is 71.3 cm³/mol. The second-order valence-electron chi connectivity index (χ2n) is 4.87. The van der Waals surface area contributed by atoms with Gasteiger partial charge in [0, 0.05) is 6.42 Å². The van der Waals surface area contributed by atoms with Gasteiger partial charge in [0.15, 0.2) is 0 Å². The van der Waals surface area contributed by atoms with Gasteiger partial charge in [-0.15, -0.1) is 0 Å². The lowest BCUT2D eigenvalue weighted by atomic mass is 9.81. The third kappa shape index (κ3) is 3.02. The molecule has 1 aromatic rings. The van der Waals surface area contributed by atoms with Crippen molar-refractivity contribution in [3.05, 3.63) is 30.3 Å². The fourth-order valence-corrected chi connectivity index (χ4v) is 2.66. The maximum atomic E-state index is 9.39. The Balaban J connectivity index is 2.01. The molecule has 0 saturated heterocycles. The molecule has 0 radical (unpaired) electrons. The number of hydrogen-bond donors (Lipinski definition) is 1. The smallest absolute Gasteiger partial charge is 0.119 e. The number of benzene rings is 1. The molecule has 0 aromatic heterocycles. The Morgan fingerprint density at radius 2 is 2.22 bits per heavy atom. The topological polar surface area (TPSA) is 45.0 Å². The molecular weight excluding hydrogens is 224 g/mol. The molecule has 2 rings (SSSR count). The number of rotatable bonds is 4. The molecule has 1 aromatic carbocycles. The second kappa shape index (κ2) is 5.88. The Labute approximate surface area is 109 Å². The van der Waals surface area contributed by atoms with Crippen LogP contribution in [0.2, 0.25) is 0 Å². The molecular formula is C15H20N2O. The lowest BCUT2D eigenvalue weighted by Crippen LogP contribution is -2.49. The van der Waals surface area contributed by atoms with Crippen LogP contribution in [-0.4, -0.2) is 18.2 Å². The van der Waals surface area contributed by atoms with Gasteiger partial charge in [-0.25, -0.2) is 0 Å². The highest BCUT2D eigenvalue weighted by Crippen LogP contribution is 2.30. The first-order chi connectivity index (χ1) is 8.78. The van der Waals surface area contributed by atoms with Gasteiger partial charge in [0.25, 0.3) is 0 Å². The number of hydrogen-bond acceptors (Lipinski definition) is 3. The minimum atomic E-state index is -0.396. The van der Waals surface area contributed by atoms with Gasteiger partial charge in [0.2, 0.25) is 0 Å². The zero-order valence-corrected chi connectivity index (χ0v) is 10.9. The molecule has 1 N–H and O–H groups in total. The van der Waals surface area contributed by atoms with Crippen molar-refractivity contribution in [3.63, 3.8) is 0 Å². The summed E-state index contributed by atoms with van der Waals surface area (Å²) in [6, 6.07) is 12.3. The quantitative estimate of drug-likeness (QED) is 0.885. The molecule has 1 aliphatic carbocycles. The minimum absolute atomic E-state index is 0.139. The van der Waals surface area contributed by atoms with Crippen LogP contribution in [0.4, 0.5) is 0 Å². The van der Waals surface area contributed by atoms with Crippen LogP contribution in [0.25, 0.3) is 0 Å². The molecule has 0 aliphatic heterocycles. The Morgan fingerprint density at radius 3 is 2.89 bits per heavy atom. The highest BCUT2D eigenvalue weighted by atomic mass is 16.5. The van der Waals surface area contributed by atoms with Crippen molar-refractivity contribution in [2.24, 2.45) is 0 Å². The summed E-state index contributed by atoms with van der Waals surface area (Å²) in [4.78, 5) is 0. The van der Waals surface area contributed by atoms with Crippen LogP contribution in [0, 0.1) is 11.3 Å². The van der Waals surface area contributed by atoms with Gasteiger partial charge in [0.05, 0.1) is 6.07 Å². The maximum Gasteiger partial charge on any atom is 0.119 e. The molecule has 0 amide bonds. The minimum Gasteiger partial charge on any atom is -0.490 e. The Bertz CT molecular complexity index is 408. The third-order valence-electron chi connectivity index (χ3n) is 3.48. The molecule has 1 fully saturated rings. The van der Waals surface area contributed by atoms with E-state index in [1.54, 1.807) is 0 Å². The van der Waals surface area contributed by atoms with Crippen molar-refractivity contribution in [2.75, 3.05) is 6.54 Å². The molecule has 3 heteroatoms. The third-order valence-corrected chi connectivity index (χ3v) is 3.48. The van der Waals surface area contributed by atoms with Gasteiger partial charge in [-0.2, -0.15) is 5.26 Å². The number of nitrogens with zero attached hydrogens (tertiary/aromatic N) is 1. The van der Waals surface area contributed by atoms with E-state index < -0.39 is 5.54 Å². The van der Waals surface area contributed by atoms with E-state index in [0.29, 0.717) is 0 Å². The Morgan fingerprint density at radius 1 is 1.44 bits per heavy atom. The Kier molecular flexibility index (Phi) is 4.22. The van der Waals surface area contributed by atoms with Gasteiger partial charge in [-0.3, -0.25) is 5.32 Å². The van der Waals surface area contributed by atoms with E-state index in [1.165, 1.54) is 0 Å². The molecule has 0 spiro atoms. The summed E-state index contributed by atoms with van der Waals surface area (Å²) in [6.45, 7) is 2.87. The van der Waals surface area contributed by atoms with E-state index in [0.717, 1.165) is 38.0 Å². The van der Waals surface area contributed by atoms with Gasteiger partial charge < -0.3 is 4.74 Å². The van der Waals surface area contributed by atoms with Crippen LogP contribution in [0.5, 0.6) is 5.75 Å². The molecule has 2 unspecified atom stereocenters. The SMILES string of the molecule is CCNC1(C#N)CCCC(Oc2ccccc2)C1. The van der Waals surface area contributed by atoms with Crippen molar-refractivity contribution in [1.82, 2.24) is 5.32 Å². The van der Waals surface area contributed by atoms with Crippen molar-refractivity contribution in [1.29, 1.82) is 5.26 Å². The first kappa shape index (κ1) is 12.9. The summed E-state index contributed by atoms with van der Waals surface area (Å²) in [7, 11) is 0. The predicted octanol–water partition coefficient (Wildman–Crippen LogP) is 2.88. The number of para-hydroxylation sites is 1. The monoisotopic (exact) mass is 244 g/mol. The van der Waals surface area contributed by atoms with Crippen LogP contribution in [0.15, 0.2) is 30.3 Å². The van der Waals surface area contributed by atoms with E-state index >= 15 is 0 Å². The molecule has 1 aliphatic rings. The van der Waals surface area contributed by atoms with Gasteiger partial charge in [-0.1, -0.05) is 25.1 Å². The molecule has 1 saturated carbocycles. The van der Waals surface area contributed by atoms with Gasteiger partial charge >= 0.3 is 0 Å². The standard InChI is InChI=1S/C15H20N2O/c1-2-17-15(12-16)10-6-9-14(11-15)18-13-7-4-3-5-8-13/h3-5,7-8,14,17H,2,6,9-11H2,1H3. The van der Waals surface area contributed by atoms with Crippen molar-refractivity contribution < 1.29 is 4.74 Å². The Hall–Kier alpha value is -1.53. The zero-order chi connectivity index (χ0) is 12.8. The van der Waals surface area contributed by atoms with E-state index in [9.17, 15) is 5.26 Å². The van der Waals surface area contributed by atoms with Crippen LogP contribution < -0.4 is 10.1 Å². The average molecular weight is 244 g/mol. The largest absolute Gasteiger partial charge is 0.490 e. The fourth-order valence-electron chi connectivity index (χ4n) is 2.66. The molecule has 18 heavy (non-hydrogen) atoms. The molecule has 0 heterocycles. The fraction of sp³-hybridized carbons (Fsp3) is 0.533. The lowest BCUT2D eigenvalue weighted by Gasteiger charge is -2.36. The highest BCUT2D eigenvalue weighted by molar-refractivity contribution is 5.22. The van der Waals surface area contributed by atoms with Crippen molar-refractivity contribution in [3.8, 4) is 11.8 Å². The van der Waals surface area contributed by atoms with E-state index in [4.69, 9.17) is 4.74 Å². The highest BCUT2D eigenvalue weighted by Gasteiger charge is 2.36. The summed E-state index contributed by atoms with van der Waals surface area (Å²) in [6.07, 6.45) is 3.90. The summed E-state index contributed by atoms with van der Waals surface area (Å²) in [5.74, 6) is 0.896. The van der Waals surface area contributed by atoms with Crippen LogP contribution >= 0.6 is 0 Å². The van der Waals surface area contributed by atoms with Crippen molar-refractivity contribution in [2.45, 2.75) is 44.2 Å². The van der Waals surface area contributed by atoms with Crippen LogP contribution in [-0.2, 0) is 0 Å². The summed E-state index contributed by atoms with van der Waals surface area (Å²) < 4.78 is 5.97. The first-order valence-corrected chi connectivity index (χ1v) is 6.66. The normalized spacial score (nSPS) is 27.4. The molecule has 2 atom stereocenters. The molecule has 3 nitrogen and oxygen atoms in total. The van der Waals surface area contributed by atoms with Gasteiger partial charge in [-0.05, 0) is 37.9 Å². The first-order valence-electron chi connectivity index (χ1n) is 6.66. The average Bonchev–Trinajstić information content (AvgIpc) is 2.41. The van der Waals surface area contributed by atoms with Crippen molar-refractivity contribution >= 4 is 0 Å². The molecule has 0 bridgehead atoms. The number of nitrogens with one attached hydrogen (secondary N) is 1. The van der Waals surface area contributed by atoms with E-state index in [1.807, 2.05) is 37.3 Å². The second-order valence-corrected chi connectivity index (χ2v) is 4.87. The summed E-state index contributed by atoms with van der Waals surface area (Å²) in [5.41, 5.74) is -0.396. The van der Waals surface area contributed by atoms with E-state index in [-0.39, 0.29) is 6.10 Å². The summed E-state index contributed by atoms with van der Waals surface area (Å²) in [5, 5.41) is 12.7.